The summed E-state index contributed by atoms with van der Waals surface area (Å²) in [5.74, 6) is -6.58. The van der Waals surface area contributed by atoms with Gasteiger partial charge in [0.15, 0.2) is 11.1 Å². The maximum absolute atomic E-state index is 15.4. The van der Waals surface area contributed by atoms with Crippen LogP contribution in [0.5, 0.6) is 0 Å². The molecule has 2 aromatic rings. The van der Waals surface area contributed by atoms with Gasteiger partial charge < -0.3 is 15.0 Å². The molecule has 3 heterocycles. The van der Waals surface area contributed by atoms with Gasteiger partial charge in [-0.05, 0) is 47.5 Å². The molecule has 1 spiro atoms. The van der Waals surface area contributed by atoms with E-state index < -0.39 is 85.1 Å². The largest absolute Gasteiger partial charge is 0.416 e. The number of imide groups is 1. The average molecular weight is 609 g/mol. The molecule has 3 aliphatic heterocycles. The lowest BCUT2D eigenvalue weighted by molar-refractivity contribution is -0.302. The van der Waals surface area contributed by atoms with E-state index in [1.807, 2.05) is 18.0 Å². The molecular weight excluding hydrogens is 582 g/mol. The van der Waals surface area contributed by atoms with Crippen molar-refractivity contribution in [2.75, 3.05) is 39.9 Å². The maximum atomic E-state index is 15.4. The van der Waals surface area contributed by atoms with E-state index in [0.29, 0.717) is 28.5 Å². The molecule has 2 aromatic carbocycles. The molecule has 6 rings (SSSR count). The minimum Gasteiger partial charge on any atom is -0.376 e. The van der Waals surface area contributed by atoms with Gasteiger partial charge in [-0.25, -0.2) is 18.0 Å². The number of likely N-dealkylation sites (N-methyl/N-ethyl adjacent to an activating group) is 1. The zero-order chi connectivity index (χ0) is 30.9. The lowest BCUT2D eigenvalue weighted by atomic mass is 9.90. The van der Waals surface area contributed by atoms with Gasteiger partial charge in [-0.1, -0.05) is 30.3 Å². The lowest BCUT2D eigenvalue weighted by Crippen LogP contribution is -2.72. The number of hydrogen-bond acceptors (Lipinski definition) is 5. The smallest absolute Gasteiger partial charge is 0.376 e. The number of halogens is 6. The molecule has 0 radical (unpaired) electrons. The fourth-order valence-electron chi connectivity index (χ4n) is 6.15. The molecule has 1 atom stereocenters. The molecule has 2 fully saturated rings. The van der Waals surface area contributed by atoms with E-state index >= 15 is 8.78 Å². The van der Waals surface area contributed by atoms with E-state index in [1.54, 1.807) is 6.07 Å². The van der Waals surface area contributed by atoms with E-state index in [-0.39, 0.29) is 11.1 Å². The number of carbonyl (C=O) groups is 3. The van der Waals surface area contributed by atoms with Gasteiger partial charge in [0.05, 0.1) is 19.6 Å². The van der Waals surface area contributed by atoms with Crippen LogP contribution in [0, 0.1) is 5.82 Å². The van der Waals surface area contributed by atoms with Crippen molar-refractivity contribution in [3.05, 3.63) is 76.6 Å². The lowest BCUT2D eigenvalue weighted by Gasteiger charge is -2.50. The highest BCUT2D eigenvalue weighted by Crippen LogP contribution is 2.53. The topological polar surface area (TPSA) is 82.2 Å². The third-order valence-corrected chi connectivity index (χ3v) is 8.57. The van der Waals surface area contributed by atoms with Gasteiger partial charge in [-0.3, -0.25) is 19.4 Å². The van der Waals surface area contributed by atoms with Crippen molar-refractivity contribution in [3.8, 4) is 0 Å². The molecule has 8 nitrogen and oxygen atoms in total. The van der Waals surface area contributed by atoms with Crippen LogP contribution in [0.3, 0.4) is 0 Å². The number of alkyl halides is 5. The summed E-state index contributed by atoms with van der Waals surface area (Å²) in [5, 5.41) is 2.31. The van der Waals surface area contributed by atoms with E-state index in [1.165, 1.54) is 24.3 Å². The van der Waals surface area contributed by atoms with Crippen LogP contribution in [-0.4, -0.2) is 84.2 Å². The number of benzene rings is 2. The number of ether oxygens (including phenoxy) is 1. The maximum Gasteiger partial charge on any atom is 0.416 e. The van der Waals surface area contributed by atoms with E-state index in [9.17, 15) is 31.9 Å². The molecule has 2 saturated heterocycles. The number of hydrogen-bond donors (Lipinski definition) is 1. The molecule has 1 N–H and O–H groups in total. The molecule has 0 bridgehead atoms. The van der Waals surface area contributed by atoms with Crippen molar-refractivity contribution < 1.29 is 45.5 Å². The Morgan fingerprint density at radius 2 is 1.77 bits per heavy atom. The summed E-state index contributed by atoms with van der Waals surface area (Å²) in [4.78, 5) is 43.0. The summed E-state index contributed by atoms with van der Waals surface area (Å²) in [7, 11) is 1.87. The molecule has 0 saturated carbocycles. The van der Waals surface area contributed by atoms with Crippen LogP contribution in [-0.2, 0) is 32.3 Å². The summed E-state index contributed by atoms with van der Waals surface area (Å²) in [5.41, 5.74) is -4.01. The molecule has 1 aliphatic carbocycles. The average Bonchev–Trinajstić information content (AvgIpc) is 3.51. The van der Waals surface area contributed by atoms with Gasteiger partial charge in [-0.2, -0.15) is 13.2 Å². The highest BCUT2D eigenvalue weighted by molar-refractivity contribution is 6.10. The minimum absolute atomic E-state index is 0.135. The van der Waals surface area contributed by atoms with Crippen LogP contribution in [0.1, 0.15) is 28.7 Å². The fraction of sp³-hybridized carbons (Fsp3) is 0.414. The van der Waals surface area contributed by atoms with Gasteiger partial charge in [0.1, 0.15) is 12.4 Å². The number of rotatable bonds is 6. The van der Waals surface area contributed by atoms with Crippen molar-refractivity contribution >= 4 is 23.4 Å². The second-order valence-corrected chi connectivity index (χ2v) is 11.4. The normalized spacial score (nSPS) is 24.2. The van der Waals surface area contributed by atoms with Crippen LogP contribution in [0.2, 0.25) is 0 Å². The van der Waals surface area contributed by atoms with Crippen molar-refractivity contribution in [1.29, 1.82) is 0 Å². The van der Waals surface area contributed by atoms with Crippen molar-refractivity contribution in [2.24, 2.45) is 0 Å². The summed E-state index contributed by atoms with van der Waals surface area (Å²) in [6.45, 7) is -2.36. The molecular formula is C29H26F6N4O4. The SMILES string of the molecule is CN1CC=C(c2ccc3c(c2)C(F)(F)C[C@]32NC(=O)N(CC(=O)N(Cc3ccc(F)cc3)C3(C(F)(F)F)COC3)C2=O)C1. The second kappa shape index (κ2) is 9.81. The Morgan fingerprint density at radius 3 is 2.35 bits per heavy atom. The summed E-state index contributed by atoms with van der Waals surface area (Å²) in [6, 6.07) is 7.46. The Bertz CT molecular complexity index is 1540. The highest BCUT2D eigenvalue weighted by Gasteiger charge is 2.67. The van der Waals surface area contributed by atoms with Crippen molar-refractivity contribution in [1.82, 2.24) is 20.0 Å². The third-order valence-electron chi connectivity index (χ3n) is 8.57. The van der Waals surface area contributed by atoms with Crippen molar-refractivity contribution in [3.63, 3.8) is 0 Å². The predicted molar refractivity (Wildman–Crippen MR) is 139 cm³/mol. The van der Waals surface area contributed by atoms with Crippen LogP contribution in [0.25, 0.3) is 5.57 Å². The van der Waals surface area contributed by atoms with Crippen LogP contribution >= 0.6 is 0 Å². The van der Waals surface area contributed by atoms with Crippen LogP contribution < -0.4 is 5.32 Å². The number of nitrogens with one attached hydrogen (secondary N) is 1. The first kappa shape index (κ1) is 29.2. The third kappa shape index (κ3) is 4.58. The Balaban J connectivity index is 1.30. The number of amides is 4. The van der Waals surface area contributed by atoms with Gasteiger partial charge in [0, 0.05) is 25.2 Å². The van der Waals surface area contributed by atoms with Gasteiger partial charge in [0.25, 0.3) is 11.8 Å². The molecule has 228 valence electrons. The first-order valence-electron chi connectivity index (χ1n) is 13.4. The minimum atomic E-state index is -4.95. The number of nitrogens with zero attached hydrogens (tertiary/aromatic N) is 3. The van der Waals surface area contributed by atoms with Crippen LogP contribution in [0.15, 0.2) is 48.5 Å². The number of urea groups is 1. The van der Waals surface area contributed by atoms with Crippen molar-refractivity contribution in [2.45, 2.75) is 36.1 Å². The molecule has 43 heavy (non-hydrogen) atoms. The van der Waals surface area contributed by atoms with Gasteiger partial charge in [-0.15, -0.1) is 0 Å². The monoisotopic (exact) mass is 608 g/mol. The van der Waals surface area contributed by atoms with E-state index in [4.69, 9.17) is 4.74 Å². The fourth-order valence-corrected chi connectivity index (χ4v) is 6.15. The Hall–Kier alpha value is -3.91. The Kier molecular flexibility index (Phi) is 6.65. The van der Waals surface area contributed by atoms with E-state index in [0.717, 1.165) is 17.7 Å². The quantitative estimate of drug-likeness (QED) is 0.399. The molecule has 4 amide bonds. The molecule has 14 heteroatoms. The van der Waals surface area contributed by atoms with Gasteiger partial charge in [0.2, 0.25) is 5.91 Å². The van der Waals surface area contributed by atoms with E-state index in [2.05, 4.69) is 5.32 Å². The molecule has 4 aliphatic rings. The number of carbonyl (C=O) groups excluding carboxylic acids is 3. The highest BCUT2D eigenvalue weighted by atomic mass is 19.4. The predicted octanol–water partition coefficient (Wildman–Crippen LogP) is 3.76. The number of fused-ring (bicyclic) bond motifs is 2. The van der Waals surface area contributed by atoms with Gasteiger partial charge >= 0.3 is 12.2 Å². The standard InChI is InChI=1S/C29H26F6N4O4/c1-37-9-8-19(12-37)18-4-7-21-22(10-18)28(31,32)14-27(21)24(41)38(25(42)36-27)13-23(40)39(11-17-2-5-20(30)6-3-17)26(15-43-16-26)29(33,34)35/h2-8,10H,9,11-16H2,1H3,(H,36,42)/t27-/m0/s1. The molecule has 0 unspecified atom stereocenters. The first-order valence-corrected chi connectivity index (χ1v) is 13.4. The zero-order valence-electron chi connectivity index (χ0n) is 22.8. The van der Waals surface area contributed by atoms with Crippen LogP contribution in [0.4, 0.5) is 31.1 Å². The first-order chi connectivity index (χ1) is 20.2. The Labute approximate surface area is 241 Å². The molecule has 0 aromatic heterocycles. The summed E-state index contributed by atoms with van der Waals surface area (Å²) < 4.78 is 91.9. The summed E-state index contributed by atoms with van der Waals surface area (Å²) >= 11 is 0. The Morgan fingerprint density at radius 1 is 1.07 bits per heavy atom. The second-order valence-electron chi connectivity index (χ2n) is 11.4. The zero-order valence-corrected chi connectivity index (χ0v) is 22.8. The summed E-state index contributed by atoms with van der Waals surface area (Å²) in [6.07, 6.45) is -4.15.